The molecule has 0 heterocycles. The molecule has 0 spiro atoms. The van der Waals surface area contributed by atoms with Crippen molar-refractivity contribution in [1.82, 2.24) is 0 Å². The van der Waals surface area contributed by atoms with Crippen LogP contribution < -0.4 is 0 Å². The zero-order chi connectivity index (χ0) is 16.4. The minimum absolute atomic E-state index is 0.208. The molecule has 0 aromatic rings. The summed E-state index contributed by atoms with van der Waals surface area (Å²) in [5, 5.41) is 0. The molecule has 2 fully saturated rings. The fraction of sp³-hybridized carbons (Fsp3) is 0.947. The van der Waals surface area contributed by atoms with Gasteiger partial charge in [0.25, 0.3) is 0 Å². The number of hydrogen-bond donors (Lipinski definition) is 0. The van der Waals surface area contributed by atoms with E-state index in [0.717, 1.165) is 0 Å². The van der Waals surface area contributed by atoms with Crippen LogP contribution in [0.25, 0.3) is 0 Å². The van der Waals surface area contributed by atoms with E-state index >= 15 is 0 Å². The number of hydrogen-bond acceptors (Lipinski definition) is 2. The fourth-order valence-electron chi connectivity index (χ4n) is 5.58. The highest BCUT2D eigenvalue weighted by Crippen LogP contribution is 2.58. The summed E-state index contributed by atoms with van der Waals surface area (Å²) in [5.74, 6) is 1.46. The molecular formula is C19H36O2Si. The lowest BCUT2D eigenvalue weighted by Crippen LogP contribution is -2.48. The second-order valence-electron chi connectivity index (χ2n) is 8.08. The van der Waals surface area contributed by atoms with Gasteiger partial charge in [0, 0.05) is 12.0 Å². The highest BCUT2D eigenvalue weighted by molar-refractivity contribution is 6.73. The molecule has 0 aliphatic heterocycles. The van der Waals surface area contributed by atoms with E-state index in [4.69, 9.17) is 4.43 Å². The molecule has 0 N–H and O–H groups in total. The van der Waals surface area contributed by atoms with E-state index < -0.39 is 8.32 Å². The predicted octanol–water partition coefficient (Wildman–Crippen LogP) is 5.43. The molecule has 0 aromatic carbocycles. The normalized spacial score (nSPS) is 36.9. The van der Waals surface area contributed by atoms with Crippen LogP contribution in [-0.4, -0.2) is 20.7 Å². The Kier molecular flexibility index (Phi) is 5.93. The summed E-state index contributed by atoms with van der Waals surface area (Å²) in [7, 11) is -1.52. The van der Waals surface area contributed by atoms with Gasteiger partial charge in [-0.3, -0.25) is 0 Å². The predicted molar refractivity (Wildman–Crippen MR) is 95.5 cm³/mol. The lowest BCUT2D eigenvalue weighted by Gasteiger charge is -2.48. The van der Waals surface area contributed by atoms with E-state index in [-0.39, 0.29) is 5.92 Å². The third-order valence-electron chi connectivity index (χ3n) is 7.32. The van der Waals surface area contributed by atoms with Crippen molar-refractivity contribution in [2.24, 2.45) is 23.2 Å². The minimum Gasteiger partial charge on any atom is -0.414 e. The van der Waals surface area contributed by atoms with E-state index in [0.29, 0.717) is 23.4 Å². The summed E-state index contributed by atoms with van der Waals surface area (Å²) in [6.45, 7) is 11.6. The third kappa shape index (κ3) is 3.08. The van der Waals surface area contributed by atoms with Gasteiger partial charge in [-0.2, -0.15) is 0 Å². The lowest BCUT2D eigenvalue weighted by molar-refractivity contribution is -0.114. The van der Waals surface area contributed by atoms with Crippen molar-refractivity contribution in [3.05, 3.63) is 0 Å². The largest absolute Gasteiger partial charge is 0.414 e. The van der Waals surface area contributed by atoms with Crippen molar-refractivity contribution in [2.45, 2.75) is 91.0 Å². The fourth-order valence-corrected chi connectivity index (χ4v) is 8.51. The molecule has 0 bridgehead atoms. The maximum absolute atomic E-state index is 11.3. The maximum Gasteiger partial charge on any atom is 0.192 e. The van der Waals surface area contributed by atoms with E-state index in [1.165, 1.54) is 56.5 Å². The summed E-state index contributed by atoms with van der Waals surface area (Å²) < 4.78 is 6.92. The molecule has 0 amide bonds. The van der Waals surface area contributed by atoms with Crippen LogP contribution in [0.4, 0.5) is 0 Å². The van der Waals surface area contributed by atoms with Crippen molar-refractivity contribution >= 4 is 14.6 Å². The van der Waals surface area contributed by atoms with Crippen LogP contribution in [0.3, 0.4) is 0 Å². The number of rotatable bonds is 7. The molecule has 2 unspecified atom stereocenters. The first-order valence-corrected chi connectivity index (χ1v) is 12.1. The standard InChI is InChI=1S/C19H36O2Si/c1-6-22(7-2,8-3)21-18-10-9-13-19(5)16(15(4)14-20)11-12-17(18)19/h14-18H,6-13H2,1-5H3/t15-,16-,17?,18?,19-/m1/s1. The quantitative estimate of drug-likeness (QED) is 0.461. The summed E-state index contributed by atoms with van der Waals surface area (Å²) in [4.78, 5) is 11.3. The Morgan fingerprint density at radius 3 is 2.36 bits per heavy atom. The van der Waals surface area contributed by atoms with Crippen LogP contribution in [0, 0.1) is 23.2 Å². The number of carbonyl (C=O) groups is 1. The molecule has 3 heteroatoms. The molecule has 5 atom stereocenters. The van der Waals surface area contributed by atoms with Crippen molar-refractivity contribution in [1.29, 1.82) is 0 Å². The average Bonchev–Trinajstić information content (AvgIpc) is 2.90. The van der Waals surface area contributed by atoms with Gasteiger partial charge in [-0.1, -0.05) is 41.0 Å². The highest BCUT2D eigenvalue weighted by atomic mass is 28.4. The highest BCUT2D eigenvalue weighted by Gasteiger charge is 2.53. The van der Waals surface area contributed by atoms with Crippen LogP contribution in [0.2, 0.25) is 18.1 Å². The lowest BCUT2D eigenvalue weighted by atomic mass is 9.62. The monoisotopic (exact) mass is 324 g/mol. The first-order chi connectivity index (χ1) is 10.5. The van der Waals surface area contributed by atoms with Crippen LogP contribution in [-0.2, 0) is 9.22 Å². The Labute approximate surface area is 138 Å². The summed E-state index contributed by atoms with van der Waals surface area (Å²) in [6, 6.07) is 3.73. The molecule has 128 valence electrons. The Bertz CT molecular complexity index is 371. The first-order valence-electron chi connectivity index (χ1n) is 9.59. The topological polar surface area (TPSA) is 26.3 Å². The Balaban J connectivity index is 2.17. The molecule has 2 nitrogen and oxygen atoms in total. The van der Waals surface area contributed by atoms with Gasteiger partial charge in [-0.15, -0.1) is 0 Å². The van der Waals surface area contributed by atoms with E-state index in [9.17, 15) is 4.79 Å². The molecule has 2 aliphatic rings. The SMILES string of the molecule is CC[Si](CC)(CC)OC1CCC[C@@]2(C)C1CC[C@@H]2[C@H](C)C=O. The van der Waals surface area contributed by atoms with Gasteiger partial charge in [0.1, 0.15) is 6.29 Å². The second-order valence-corrected chi connectivity index (χ2v) is 12.8. The molecule has 2 aliphatic carbocycles. The first kappa shape index (κ1) is 18.2. The smallest absolute Gasteiger partial charge is 0.192 e. The van der Waals surface area contributed by atoms with E-state index in [1.54, 1.807) is 0 Å². The van der Waals surface area contributed by atoms with Crippen molar-refractivity contribution in [2.75, 3.05) is 0 Å². The third-order valence-corrected chi connectivity index (χ3v) is 12.0. The van der Waals surface area contributed by atoms with Crippen molar-refractivity contribution < 1.29 is 9.22 Å². The number of fused-ring (bicyclic) bond motifs is 1. The molecule has 0 aromatic heterocycles. The Hall–Kier alpha value is -0.153. The van der Waals surface area contributed by atoms with Crippen LogP contribution in [0.1, 0.15) is 66.7 Å². The number of aldehydes is 1. The molecule has 2 saturated carbocycles. The van der Waals surface area contributed by atoms with Crippen molar-refractivity contribution in [3.63, 3.8) is 0 Å². The van der Waals surface area contributed by atoms with Gasteiger partial charge in [0.2, 0.25) is 0 Å². The van der Waals surface area contributed by atoms with Gasteiger partial charge in [-0.25, -0.2) is 0 Å². The zero-order valence-corrected chi connectivity index (χ0v) is 16.4. The van der Waals surface area contributed by atoms with Crippen molar-refractivity contribution in [3.8, 4) is 0 Å². The van der Waals surface area contributed by atoms with Gasteiger partial charge in [0.05, 0.1) is 0 Å². The maximum atomic E-state index is 11.3. The molecule has 0 saturated heterocycles. The van der Waals surface area contributed by atoms with Gasteiger partial charge >= 0.3 is 0 Å². The molecule has 0 radical (unpaired) electrons. The Morgan fingerprint density at radius 1 is 1.18 bits per heavy atom. The van der Waals surface area contributed by atoms with Crippen LogP contribution in [0.15, 0.2) is 0 Å². The zero-order valence-electron chi connectivity index (χ0n) is 15.4. The molecule has 2 rings (SSSR count). The number of carbonyl (C=O) groups excluding carboxylic acids is 1. The van der Waals surface area contributed by atoms with Gasteiger partial charge < -0.3 is 9.22 Å². The summed E-state index contributed by atoms with van der Waals surface area (Å²) in [5.41, 5.74) is 0.332. The van der Waals surface area contributed by atoms with Crippen LogP contribution in [0.5, 0.6) is 0 Å². The van der Waals surface area contributed by atoms with E-state index in [1.807, 2.05) is 0 Å². The molecular weight excluding hydrogens is 288 g/mol. The van der Waals surface area contributed by atoms with Gasteiger partial charge in [0.15, 0.2) is 8.32 Å². The van der Waals surface area contributed by atoms with Gasteiger partial charge in [-0.05, 0) is 61.1 Å². The van der Waals surface area contributed by atoms with Crippen LogP contribution >= 0.6 is 0 Å². The minimum atomic E-state index is -1.52. The Morgan fingerprint density at radius 2 is 1.82 bits per heavy atom. The average molecular weight is 325 g/mol. The van der Waals surface area contributed by atoms with E-state index in [2.05, 4.69) is 34.6 Å². The second kappa shape index (κ2) is 7.17. The summed E-state index contributed by atoms with van der Waals surface area (Å²) in [6.07, 6.45) is 7.96. The molecule has 22 heavy (non-hydrogen) atoms. The summed E-state index contributed by atoms with van der Waals surface area (Å²) >= 11 is 0.